The Morgan fingerprint density at radius 1 is 0.929 bits per heavy atom. The van der Waals surface area contributed by atoms with Crippen LogP contribution in [0.5, 0.6) is 0 Å². The monoisotopic (exact) mass is 399 g/mol. The van der Waals surface area contributed by atoms with Gasteiger partial charge in [-0.25, -0.2) is 9.18 Å². The smallest absolute Gasteiger partial charge is 0.319 e. The third-order valence-corrected chi connectivity index (χ3v) is 4.67. The fourth-order valence-corrected chi connectivity index (χ4v) is 3.03. The lowest BCUT2D eigenvalue weighted by molar-refractivity contribution is -0.113. The summed E-state index contributed by atoms with van der Waals surface area (Å²) in [5, 5.41) is 8.09. The molecule has 0 saturated carbocycles. The van der Waals surface area contributed by atoms with Crippen molar-refractivity contribution in [3.63, 3.8) is 0 Å². The number of hydrogen-bond acceptors (Lipinski definition) is 4. The minimum absolute atomic E-state index is 0.0934. The molecule has 0 unspecified atom stereocenters. The highest BCUT2D eigenvalue weighted by Crippen LogP contribution is 2.21. The topological polar surface area (TPSA) is 83.4 Å². The average molecular weight is 399 g/mol. The molecule has 0 spiro atoms. The van der Waals surface area contributed by atoms with Crippen molar-refractivity contribution in [3.05, 3.63) is 78.5 Å². The van der Waals surface area contributed by atoms with Gasteiger partial charge < -0.3 is 20.4 Å². The fourth-order valence-electron chi connectivity index (χ4n) is 2.29. The molecule has 0 aliphatic rings. The molecule has 1 heterocycles. The number of rotatable bonds is 7. The number of furan rings is 1. The Hall–Kier alpha value is -3.26. The molecule has 0 fully saturated rings. The van der Waals surface area contributed by atoms with Crippen LogP contribution in [-0.2, 0) is 11.3 Å². The van der Waals surface area contributed by atoms with Crippen molar-refractivity contribution in [2.24, 2.45) is 0 Å². The number of carbonyl (C=O) groups excluding carboxylic acids is 2. The largest absolute Gasteiger partial charge is 0.467 e. The number of urea groups is 1. The van der Waals surface area contributed by atoms with E-state index in [9.17, 15) is 14.0 Å². The first-order valence-corrected chi connectivity index (χ1v) is 9.43. The van der Waals surface area contributed by atoms with Crippen molar-refractivity contribution in [2.45, 2.75) is 11.4 Å². The van der Waals surface area contributed by atoms with Crippen molar-refractivity contribution in [2.75, 3.05) is 16.4 Å². The summed E-state index contributed by atoms with van der Waals surface area (Å²) >= 11 is 1.13. The van der Waals surface area contributed by atoms with Crippen LogP contribution >= 0.6 is 11.8 Å². The highest BCUT2D eigenvalue weighted by molar-refractivity contribution is 8.00. The Balaban J connectivity index is 1.44. The predicted octanol–water partition coefficient (Wildman–Crippen LogP) is 4.47. The van der Waals surface area contributed by atoms with Gasteiger partial charge in [-0.3, -0.25) is 4.79 Å². The van der Waals surface area contributed by atoms with Crippen LogP contribution in [0.15, 0.2) is 76.2 Å². The molecule has 8 heteroatoms. The van der Waals surface area contributed by atoms with Gasteiger partial charge in [0.2, 0.25) is 5.91 Å². The van der Waals surface area contributed by atoms with Gasteiger partial charge in [0, 0.05) is 16.3 Å². The van der Waals surface area contributed by atoms with Crippen LogP contribution in [0.1, 0.15) is 5.76 Å². The third kappa shape index (κ3) is 5.88. The minimum Gasteiger partial charge on any atom is -0.467 e. The maximum atomic E-state index is 13.6. The van der Waals surface area contributed by atoms with E-state index in [1.807, 2.05) is 0 Å². The van der Waals surface area contributed by atoms with Gasteiger partial charge in [-0.15, -0.1) is 11.8 Å². The lowest BCUT2D eigenvalue weighted by atomic mass is 10.3. The zero-order valence-electron chi connectivity index (χ0n) is 14.8. The Morgan fingerprint density at radius 2 is 1.64 bits per heavy atom. The number of nitrogens with one attached hydrogen (secondary N) is 3. The summed E-state index contributed by atoms with van der Waals surface area (Å²) in [4.78, 5) is 24.3. The van der Waals surface area contributed by atoms with Crippen LogP contribution in [0, 0.1) is 5.82 Å². The first kappa shape index (κ1) is 19.5. The standard InChI is InChI=1S/C20H18FN3O3S/c21-17-5-1-2-6-18(17)28-13-19(25)23-14-7-9-15(10-8-14)24-20(26)22-12-16-4-3-11-27-16/h1-11H,12-13H2,(H,23,25)(H2,22,24,26). The molecule has 0 bridgehead atoms. The van der Waals surface area contributed by atoms with Crippen molar-refractivity contribution in [1.29, 1.82) is 0 Å². The van der Waals surface area contributed by atoms with Crippen LogP contribution in [-0.4, -0.2) is 17.7 Å². The molecule has 0 aliphatic carbocycles. The lowest BCUT2D eigenvalue weighted by Gasteiger charge is -2.09. The Morgan fingerprint density at radius 3 is 2.32 bits per heavy atom. The van der Waals surface area contributed by atoms with E-state index in [0.717, 1.165) is 11.8 Å². The minimum atomic E-state index is -0.366. The quantitative estimate of drug-likeness (QED) is 0.512. The molecule has 2 aromatic carbocycles. The van der Waals surface area contributed by atoms with Crippen molar-refractivity contribution >= 4 is 35.1 Å². The summed E-state index contributed by atoms with van der Waals surface area (Å²) in [5.74, 6) is 0.156. The summed E-state index contributed by atoms with van der Waals surface area (Å²) in [6.07, 6.45) is 1.54. The molecule has 144 valence electrons. The van der Waals surface area contributed by atoms with E-state index >= 15 is 0 Å². The molecule has 3 amide bonds. The Bertz CT molecular complexity index is 930. The van der Waals surface area contributed by atoms with Crippen LogP contribution in [0.25, 0.3) is 0 Å². The first-order valence-electron chi connectivity index (χ1n) is 8.44. The van der Waals surface area contributed by atoms with Crippen molar-refractivity contribution in [1.82, 2.24) is 5.32 Å². The summed E-state index contributed by atoms with van der Waals surface area (Å²) in [6.45, 7) is 0.284. The van der Waals surface area contributed by atoms with Crippen LogP contribution in [0.4, 0.5) is 20.6 Å². The molecule has 0 radical (unpaired) electrons. The summed E-state index contributed by atoms with van der Waals surface area (Å²) in [5.41, 5.74) is 1.16. The van der Waals surface area contributed by atoms with E-state index in [-0.39, 0.29) is 30.1 Å². The zero-order valence-corrected chi connectivity index (χ0v) is 15.6. The van der Waals surface area contributed by atoms with Crippen LogP contribution < -0.4 is 16.0 Å². The highest BCUT2D eigenvalue weighted by Gasteiger charge is 2.07. The molecule has 3 rings (SSSR count). The first-order chi connectivity index (χ1) is 13.6. The Labute approximate surface area is 165 Å². The molecule has 3 aromatic rings. The Kier molecular flexibility index (Phi) is 6.69. The maximum Gasteiger partial charge on any atom is 0.319 e. The molecule has 0 aliphatic heterocycles. The molecule has 3 N–H and O–H groups in total. The van der Waals surface area contributed by atoms with E-state index < -0.39 is 0 Å². The number of thioether (sulfide) groups is 1. The number of halogens is 1. The zero-order chi connectivity index (χ0) is 19.8. The van der Waals surface area contributed by atoms with Crippen molar-refractivity contribution in [3.8, 4) is 0 Å². The van der Waals surface area contributed by atoms with Crippen LogP contribution in [0.2, 0.25) is 0 Å². The number of amides is 3. The number of hydrogen-bond donors (Lipinski definition) is 3. The molecule has 28 heavy (non-hydrogen) atoms. The summed E-state index contributed by atoms with van der Waals surface area (Å²) in [7, 11) is 0. The number of carbonyl (C=O) groups is 2. The summed E-state index contributed by atoms with van der Waals surface area (Å²) in [6, 6.07) is 16.2. The molecule has 0 atom stereocenters. The van der Waals surface area contributed by atoms with E-state index in [4.69, 9.17) is 4.42 Å². The van der Waals surface area contributed by atoms with Crippen molar-refractivity contribution < 1.29 is 18.4 Å². The molecule has 0 saturated heterocycles. The second-order valence-electron chi connectivity index (χ2n) is 5.73. The van der Waals surface area contributed by atoms with E-state index in [1.165, 1.54) is 12.3 Å². The third-order valence-electron chi connectivity index (χ3n) is 3.63. The second kappa shape index (κ2) is 9.61. The van der Waals surface area contributed by atoms with E-state index in [0.29, 0.717) is 22.0 Å². The van der Waals surface area contributed by atoms with Gasteiger partial charge in [0.1, 0.15) is 11.6 Å². The van der Waals surface area contributed by atoms with Gasteiger partial charge >= 0.3 is 6.03 Å². The SMILES string of the molecule is O=C(CSc1ccccc1F)Nc1ccc(NC(=O)NCc2ccco2)cc1. The average Bonchev–Trinajstić information content (AvgIpc) is 3.21. The lowest BCUT2D eigenvalue weighted by Crippen LogP contribution is -2.27. The second-order valence-corrected chi connectivity index (χ2v) is 6.75. The molecular weight excluding hydrogens is 381 g/mol. The summed E-state index contributed by atoms with van der Waals surface area (Å²) < 4.78 is 18.7. The normalized spacial score (nSPS) is 10.3. The van der Waals surface area contributed by atoms with Gasteiger partial charge in [0.05, 0.1) is 18.6 Å². The molecular formula is C20H18FN3O3S. The van der Waals surface area contributed by atoms with Gasteiger partial charge in [-0.05, 0) is 48.5 Å². The molecule has 6 nitrogen and oxygen atoms in total. The van der Waals surface area contributed by atoms with E-state index in [1.54, 1.807) is 54.6 Å². The predicted molar refractivity (Wildman–Crippen MR) is 107 cm³/mol. The van der Waals surface area contributed by atoms with E-state index in [2.05, 4.69) is 16.0 Å². The van der Waals surface area contributed by atoms with Crippen LogP contribution in [0.3, 0.4) is 0 Å². The highest BCUT2D eigenvalue weighted by atomic mass is 32.2. The number of anilines is 2. The molecule has 1 aromatic heterocycles. The fraction of sp³-hybridized carbons (Fsp3) is 0.100. The number of benzene rings is 2. The maximum absolute atomic E-state index is 13.6. The van der Waals surface area contributed by atoms with Gasteiger partial charge in [-0.1, -0.05) is 12.1 Å². The van der Waals surface area contributed by atoms with Gasteiger partial charge in [-0.2, -0.15) is 0 Å². The van der Waals surface area contributed by atoms with Gasteiger partial charge in [0.15, 0.2) is 0 Å². The van der Waals surface area contributed by atoms with Gasteiger partial charge in [0.25, 0.3) is 0 Å².